The molecule has 3 aliphatic carbocycles. The second-order valence-corrected chi connectivity index (χ2v) is 8.81. The molecule has 1 aromatic carbocycles. The van der Waals surface area contributed by atoms with Crippen LogP contribution in [0.5, 0.6) is 5.75 Å². The summed E-state index contributed by atoms with van der Waals surface area (Å²) in [5.74, 6) is -0.216. The molecular formula is C19H21ClFN3O4S. The highest BCUT2D eigenvalue weighted by molar-refractivity contribution is 7.98. The zero-order valence-electron chi connectivity index (χ0n) is 15.8. The van der Waals surface area contributed by atoms with E-state index in [2.05, 4.69) is 15.5 Å². The lowest BCUT2D eigenvalue weighted by molar-refractivity contribution is -0.129. The van der Waals surface area contributed by atoms with Gasteiger partial charge in [0.05, 0.1) is 16.5 Å². The smallest absolute Gasteiger partial charge is 0.276 e. The number of amides is 1. The van der Waals surface area contributed by atoms with Crippen molar-refractivity contribution in [2.75, 3.05) is 12.9 Å². The number of aliphatic hydroxyl groups is 1. The van der Waals surface area contributed by atoms with E-state index in [1.807, 2.05) is 6.26 Å². The number of hydrogen-bond donors (Lipinski definition) is 2. The monoisotopic (exact) mass is 441 g/mol. The van der Waals surface area contributed by atoms with Gasteiger partial charge in [-0.1, -0.05) is 23.4 Å². The molecule has 2 aromatic rings. The molecule has 2 bridgehead atoms. The lowest BCUT2D eigenvalue weighted by Crippen LogP contribution is -2.64. The molecule has 1 atom stereocenters. The standard InChI is InChI=1S/C19H21ClFN3O4S/c1-29-17-24-23-16(28-17)19-6-4-18(5-7-19,9-14(19)25)22-15(26)10-27-11-2-3-12(20)13(21)8-11/h2-3,8,14,25H,4-7,9-10H2,1H3,(H,22,26). The van der Waals surface area contributed by atoms with E-state index in [0.717, 1.165) is 6.07 Å². The summed E-state index contributed by atoms with van der Waals surface area (Å²) in [7, 11) is 0. The fourth-order valence-electron chi connectivity index (χ4n) is 4.35. The first kappa shape index (κ1) is 20.4. The van der Waals surface area contributed by atoms with Gasteiger partial charge in [0.25, 0.3) is 11.1 Å². The lowest BCUT2D eigenvalue weighted by Gasteiger charge is -2.54. The van der Waals surface area contributed by atoms with Gasteiger partial charge in [-0.05, 0) is 50.5 Å². The van der Waals surface area contributed by atoms with Gasteiger partial charge < -0.3 is 19.6 Å². The minimum absolute atomic E-state index is 0.00605. The largest absolute Gasteiger partial charge is 0.484 e. The zero-order valence-corrected chi connectivity index (χ0v) is 17.4. The first-order valence-electron chi connectivity index (χ1n) is 9.31. The van der Waals surface area contributed by atoms with E-state index in [-0.39, 0.29) is 23.3 Å². The van der Waals surface area contributed by atoms with E-state index < -0.39 is 22.9 Å². The molecule has 0 aliphatic heterocycles. The SMILES string of the molecule is CSc1nnc(C23CCC(NC(=O)COc4ccc(Cl)c(F)c4)(CC2)CC3O)o1. The highest BCUT2D eigenvalue weighted by Gasteiger charge is 2.58. The first-order valence-corrected chi connectivity index (χ1v) is 10.9. The summed E-state index contributed by atoms with van der Waals surface area (Å²) < 4.78 is 24.6. The molecule has 10 heteroatoms. The summed E-state index contributed by atoms with van der Waals surface area (Å²) in [6.07, 6.45) is 4.26. The van der Waals surface area contributed by atoms with Crippen LogP contribution in [0.2, 0.25) is 5.02 Å². The second-order valence-electron chi connectivity index (χ2n) is 7.65. The highest BCUT2D eigenvalue weighted by atomic mass is 35.5. The Morgan fingerprint density at radius 2 is 2.17 bits per heavy atom. The number of benzene rings is 1. The maximum atomic E-state index is 13.5. The number of nitrogens with one attached hydrogen (secondary N) is 1. The number of hydrogen-bond acceptors (Lipinski definition) is 7. The molecule has 0 radical (unpaired) electrons. The molecule has 0 saturated heterocycles. The number of carbonyl (C=O) groups is 1. The number of aliphatic hydroxyl groups excluding tert-OH is 1. The molecule has 3 aliphatic rings. The summed E-state index contributed by atoms with van der Waals surface area (Å²) in [4.78, 5) is 12.4. The quantitative estimate of drug-likeness (QED) is 0.664. The number of carbonyl (C=O) groups excluding carboxylic acids is 1. The van der Waals surface area contributed by atoms with Crippen LogP contribution >= 0.6 is 23.4 Å². The van der Waals surface area contributed by atoms with Gasteiger partial charge in [0, 0.05) is 11.6 Å². The molecule has 29 heavy (non-hydrogen) atoms. The molecule has 1 amide bonds. The van der Waals surface area contributed by atoms with Gasteiger partial charge >= 0.3 is 0 Å². The molecule has 156 valence electrons. The summed E-state index contributed by atoms with van der Waals surface area (Å²) >= 11 is 7.01. The van der Waals surface area contributed by atoms with Crippen molar-refractivity contribution in [1.29, 1.82) is 0 Å². The summed E-state index contributed by atoms with van der Waals surface area (Å²) in [6.45, 7) is -0.245. The molecule has 3 fully saturated rings. The van der Waals surface area contributed by atoms with Crippen LogP contribution in [0.15, 0.2) is 27.8 Å². The van der Waals surface area contributed by atoms with Crippen molar-refractivity contribution < 1.29 is 23.4 Å². The molecule has 1 aromatic heterocycles. The Bertz CT molecular complexity index is 917. The van der Waals surface area contributed by atoms with Crippen molar-refractivity contribution in [3.63, 3.8) is 0 Å². The highest BCUT2D eigenvalue weighted by Crippen LogP contribution is 2.53. The van der Waals surface area contributed by atoms with Gasteiger partial charge in [-0.2, -0.15) is 0 Å². The van der Waals surface area contributed by atoms with Crippen molar-refractivity contribution >= 4 is 29.3 Å². The van der Waals surface area contributed by atoms with Gasteiger partial charge in [0.15, 0.2) is 6.61 Å². The first-order chi connectivity index (χ1) is 13.9. The minimum atomic E-state index is -0.688. The molecule has 2 N–H and O–H groups in total. The minimum Gasteiger partial charge on any atom is -0.484 e. The van der Waals surface area contributed by atoms with Gasteiger partial charge in [-0.3, -0.25) is 4.79 Å². The number of fused-ring (bicyclic) bond motifs is 3. The molecule has 5 rings (SSSR count). The molecule has 7 nitrogen and oxygen atoms in total. The van der Waals surface area contributed by atoms with Crippen LogP contribution in [0.3, 0.4) is 0 Å². The third kappa shape index (κ3) is 3.83. The Kier molecular flexibility index (Phi) is 5.48. The van der Waals surface area contributed by atoms with Gasteiger partial charge in [-0.15, -0.1) is 10.2 Å². The average Bonchev–Trinajstić information content (AvgIpc) is 3.19. The summed E-state index contributed by atoms with van der Waals surface area (Å²) in [5, 5.41) is 22.5. The zero-order chi connectivity index (χ0) is 20.6. The normalized spacial score (nSPS) is 28.3. The van der Waals surface area contributed by atoms with Gasteiger partial charge in [0.1, 0.15) is 11.6 Å². The lowest BCUT2D eigenvalue weighted by atomic mass is 9.55. The Labute approximate surface area is 176 Å². The van der Waals surface area contributed by atoms with Crippen LogP contribution in [-0.4, -0.2) is 45.7 Å². The number of thioether (sulfide) groups is 1. The van der Waals surface area contributed by atoms with E-state index in [0.29, 0.717) is 43.2 Å². The van der Waals surface area contributed by atoms with Crippen LogP contribution in [-0.2, 0) is 10.2 Å². The topological polar surface area (TPSA) is 97.5 Å². The van der Waals surface area contributed by atoms with Crippen molar-refractivity contribution in [2.45, 2.75) is 54.4 Å². The summed E-state index contributed by atoms with van der Waals surface area (Å²) in [5.41, 5.74) is -1.04. The van der Waals surface area contributed by atoms with Crippen molar-refractivity contribution in [2.24, 2.45) is 0 Å². The van der Waals surface area contributed by atoms with Crippen LogP contribution < -0.4 is 10.1 Å². The molecule has 1 unspecified atom stereocenters. The Morgan fingerprint density at radius 3 is 2.79 bits per heavy atom. The summed E-state index contributed by atoms with van der Waals surface area (Å²) in [6, 6.07) is 4.02. The Balaban J connectivity index is 1.38. The maximum absolute atomic E-state index is 13.5. The van der Waals surface area contributed by atoms with Crippen LogP contribution in [0.1, 0.15) is 38.0 Å². The third-order valence-electron chi connectivity index (χ3n) is 5.99. The fourth-order valence-corrected chi connectivity index (χ4v) is 4.75. The van der Waals surface area contributed by atoms with Gasteiger partial charge in [-0.25, -0.2) is 4.39 Å². The third-order valence-corrected chi connectivity index (χ3v) is 6.81. The number of rotatable bonds is 6. The van der Waals surface area contributed by atoms with Gasteiger partial charge in [0.2, 0.25) is 5.89 Å². The predicted molar refractivity (Wildman–Crippen MR) is 105 cm³/mol. The number of nitrogens with zero attached hydrogens (tertiary/aromatic N) is 2. The van der Waals surface area contributed by atoms with Crippen LogP contribution in [0, 0.1) is 5.82 Å². The predicted octanol–water partition coefficient (Wildman–Crippen LogP) is 3.09. The van der Waals surface area contributed by atoms with E-state index in [9.17, 15) is 14.3 Å². The number of ether oxygens (including phenoxy) is 1. The number of halogens is 2. The van der Waals surface area contributed by atoms with E-state index >= 15 is 0 Å². The van der Waals surface area contributed by atoms with E-state index in [1.54, 1.807) is 0 Å². The Morgan fingerprint density at radius 1 is 1.41 bits per heavy atom. The molecule has 3 saturated carbocycles. The van der Waals surface area contributed by atoms with Crippen molar-refractivity contribution in [3.05, 3.63) is 34.9 Å². The Hall–Kier alpha value is -1.84. The van der Waals surface area contributed by atoms with Crippen LogP contribution in [0.4, 0.5) is 4.39 Å². The van der Waals surface area contributed by atoms with Crippen LogP contribution in [0.25, 0.3) is 0 Å². The molecule has 1 heterocycles. The molecule has 0 spiro atoms. The van der Waals surface area contributed by atoms with Crippen molar-refractivity contribution in [1.82, 2.24) is 15.5 Å². The van der Waals surface area contributed by atoms with E-state index in [1.165, 1.54) is 23.9 Å². The molecular weight excluding hydrogens is 421 g/mol. The average molecular weight is 442 g/mol. The van der Waals surface area contributed by atoms with E-state index in [4.69, 9.17) is 20.8 Å². The number of aromatic nitrogens is 2. The second kappa shape index (κ2) is 7.77. The fraction of sp³-hybridized carbons (Fsp3) is 0.526. The van der Waals surface area contributed by atoms with Crippen molar-refractivity contribution in [3.8, 4) is 5.75 Å². The maximum Gasteiger partial charge on any atom is 0.276 e.